The van der Waals surface area contributed by atoms with Crippen molar-refractivity contribution in [2.45, 2.75) is 89.9 Å². The Labute approximate surface area is 181 Å². The molecular weight excluding hydrogens is 352 g/mol. The number of hydrogen-bond acceptors (Lipinski definition) is 2. The summed E-state index contributed by atoms with van der Waals surface area (Å²) in [7, 11) is 0. The second kappa shape index (κ2) is 14.2. The van der Waals surface area contributed by atoms with Gasteiger partial charge in [-0.05, 0) is 102 Å². The van der Waals surface area contributed by atoms with Gasteiger partial charge in [-0.15, -0.1) is 0 Å². The van der Waals surface area contributed by atoms with Gasteiger partial charge >= 0.3 is 0 Å². The molecule has 164 valence electrons. The molecule has 0 spiro atoms. The van der Waals surface area contributed by atoms with Gasteiger partial charge in [0.05, 0.1) is 0 Å². The molecule has 29 heavy (non-hydrogen) atoms. The fourth-order valence-corrected chi connectivity index (χ4v) is 5.30. The van der Waals surface area contributed by atoms with Gasteiger partial charge in [0.25, 0.3) is 0 Å². The highest BCUT2D eigenvalue weighted by Gasteiger charge is 2.18. The summed E-state index contributed by atoms with van der Waals surface area (Å²) in [5.41, 5.74) is 1.51. The summed E-state index contributed by atoms with van der Waals surface area (Å²) in [6.07, 6.45) is 19.9. The van der Waals surface area contributed by atoms with Crippen LogP contribution in [0.1, 0.15) is 89.0 Å². The summed E-state index contributed by atoms with van der Waals surface area (Å²) >= 11 is 0. The highest BCUT2D eigenvalue weighted by atomic mass is 15.1. The van der Waals surface area contributed by atoms with Gasteiger partial charge in [-0.25, -0.2) is 0 Å². The van der Waals surface area contributed by atoms with Crippen molar-refractivity contribution in [1.29, 1.82) is 0 Å². The lowest BCUT2D eigenvalue weighted by Crippen LogP contribution is -2.34. The molecule has 0 amide bonds. The minimum Gasteiger partial charge on any atom is -0.303 e. The molecular formula is C27H46N2. The van der Waals surface area contributed by atoms with Crippen molar-refractivity contribution in [1.82, 2.24) is 9.80 Å². The third-order valence-electron chi connectivity index (χ3n) is 7.28. The first kappa shape index (κ1) is 22.8. The summed E-state index contributed by atoms with van der Waals surface area (Å²) < 4.78 is 0. The molecule has 0 aromatic heterocycles. The van der Waals surface area contributed by atoms with Gasteiger partial charge in [-0.3, -0.25) is 0 Å². The van der Waals surface area contributed by atoms with Crippen LogP contribution in [0.5, 0.6) is 0 Å². The molecule has 0 bridgehead atoms. The first-order chi connectivity index (χ1) is 14.4. The van der Waals surface area contributed by atoms with Crippen molar-refractivity contribution in [2.75, 3.05) is 39.3 Å². The zero-order valence-corrected chi connectivity index (χ0v) is 19.0. The molecule has 0 saturated carbocycles. The predicted octanol–water partition coefficient (Wildman–Crippen LogP) is 6.55. The number of benzene rings is 1. The van der Waals surface area contributed by atoms with E-state index in [-0.39, 0.29) is 0 Å². The van der Waals surface area contributed by atoms with E-state index in [2.05, 4.69) is 40.1 Å². The maximum absolute atomic E-state index is 2.74. The van der Waals surface area contributed by atoms with Gasteiger partial charge in [0.2, 0.25) is 0 Å². The van der Waals surface area contributed by atoms with E-state index in [1.165, 1.54) is 135 Å². The van der Waals surface area contributed by atoms with Crippen LogP contribution in [0.15, 0.2) is 30.3 Å². The van der Waals surface area contributed by atoms with Gasteiger partial charge < -0.3 is 9.80 Å². The molecule has 0 unspecified atom stereocenters. The van der Waals surface area contributed by atoms with Crippen LogP contribution in [0.25, 0.3) is 0 Å². The Balaban J connectivity index is 1.10. The van der Waals surface area contributed by atoms with Crippen LogP contribution >= 0.6 is 0 Å². The van der Waals surface area contributed by atoms with E-state index in [4.69, 9.17) is 0 Å². The highest BCUT2D eigenvalue weighted by Crippen LogP contribution is 2.23. The van der Waals surface area contributed by atoms with E-state index in [1.807, 2.05) is 0 Å². The zero-order valence-electron chi connectivity index (χ0n) is 19.0. The molecule has 2 nitrogen and oxygen atoms in total. The number of rotatable bonds is 13. The second-order valence-electron chi connectivity index (χ2n) is 9.69. The van der Waals surface area contributed by atoms with Gasteiger partial charge in [0, 0.05) is 0 Å². The first-order valence-corrected chi connectivity index (χ1v) is 12.9. The van der Waals surface area contributed by atoms with E-state index in [9.17, 15) is 0 Å². The van der Waals surface area contributed by atoms with Crippen molar-refractivity contribution < 1.29 is 0 Å². The first-order valence-electron chi connectivity index (χ1n) is 12.9. The van der Waals surface area contributed by atoms with Crippen LogP contribution in [-0.2, 0) is 6.42 Å². The maximum atomic E-state index is 2.74. The number of nitrogens with zero attached hydrogens (tertiary/aromatic N) is 2. The molecule has 0 aliphatic carbocycles. The standard InChI is InChI=1S/C27H46N2/c1(3-9-20-28-21-11-6-12-22-28)2-4-10-23-29-24-18-27(19-25-29)17-13-16-26-14-7-5-8-15-26/h5,7-8,14-15,27H,1-4,6,9-13,16-25H2. The summed E-state index contributed by atoms with van der Waals surface area (Å²) in [6.45, 7) is 8.15. The fourth-order valence-electron chi connectivity index (χ4n) is 5.30. The van der Waals surface area contributed by atoms with Gasteiger partial charge in [0.1, 0.15) is 0 Å². The van der Waals surface area contributed by atoms with Crippen LogP contribution in [0.3, 0.4) is 0 Å². The van der Waals surface area contributed by atoms with Crippen molar-refractivity contribution in [2.24, 2.45) is 5.92 Å². The predicted molar refractivity (Wildman–Crippen MR) is 127 cm³/mol. The molecule has 2 aliphatic heterocycles. The number of likely N-dealkylation sites (tertiary alicyclic amines) is 2. The lowest BCUT2D eigenvalue weighted by atomic mass is 9.90. The molecule has 2 fully saturated rings. The average Bonchev–Trinajstić information content (AvgIpc) is 2.78. The Kier molecular flexibility index (Phi) is 11.2. The lowest BCUT2D eigenvalue weighted by molar-refractivity contribution is 0.174. The molecule has 2 heterocycles. The normalized spacial score (nSPS) is 19.6. The topological polar surface area (TPSA) is 6.48 Å². The highest BCUT2D eigenvalue weighted by molar-refractivity contribution is 5.14. The minimum absolute atomic E-state index is 0.981. The van der Waals surface area contributed by atoms with Crippen LogP contribution in [0.2, 0.25) is 0 Å². The number of unbranched alkanes of at least 4 members (excludes halogenated alkanes) is 5. The largest absolute Gasteiger partial charge is 0.303 e. The monoisotopic (exact) mass is 398 g/mol. The quantitative estimate of drug-likeness (QED) is 0.348. The van der Waals surface area contributed by atoms with Crippen LogP contribution < -0.4 is 0 Å². The van der Waals surface area contributed by atoms with E-state index >= 15 is 0 Å². The van der Waals surface area contributed by atoms with E-state index in [0.29, 0.717) is 0 Å². The van der Waals surface area contributed by atoms with Crippen LogP contribution in [0.4, 0.5) is 0 Å². The summed E-state index contributed by atoms with van der Waals surface area (Å²) in [6, 6.07) is 11.0. The molecule has 0 radical (unpaired) electrons. The maximum Gasteiger partial charge on any atom is -0.00161 e. The summed E-state index contributed by atoms with van der Waals surface area (Å²) in [4.78, 5) is 5.43. The van der Waals surface area contributed by atoms with E-state index in [1.54, 1.807) is 0 Å². The van der Waals surface area contributed by atoms with Crippen molar-refractivity contribution in [3.05, 3.63) is 35.9 Å². The summed E-state index contributed by atoms with van der Waals surface area (Å²) in [5.74, 6) is 0.981. The van der Waals surface area contributed by atoms with Gasteiger partial charge in [-0.1, -0.05) is 68.9 Å². The average molecular weight is 399 g/mol. The third-order valence-corrected chi connectivity index (χ3v) is 7.28. The number of piperidine rings is 2. The Bertz CT molecular complexity index is 501. The molecule has 0 N–H and O–H groups in total. The molecule has 1 aromatic rings. The molecule has 1 aromatic carbocycles. The van der Waals surface area contributed by atoms with E-state index in [0.717, 1.165) is 5.92 Å². The summed E-state index contributed by atoms with van der Waals surface area (Å²) in [5, 5.41) is 0. The Morgan fingerprint density at radius 2 is 1.21 bits per heavy atom. The Hall–Kier alpha value is -0.860. The van der Waals surface area contributed by atoms with Gasteiger partial charge in [-0.2, -0.15) is 0 Å². The van der Waals surface area contributed by atoms with Crippen LogP contribution in [-0.4, -0.2) is 49.1 Å². The second-order valence-corrected chi connectivity index (χ2v) is 9.69. The SMILES string of the molecule is c1ccc(CCCC2CCN(CCCCCCCCN3CCCCC3)CC2)cc1. The fraction of sp³-hybridized carbons (Fsp3) is 0.778. The van der Waals surface area contributed by atoms with Crippen molar-refractivity contribution >= 4 is 0 Å². The van der Waals surface area contributed by atoms with Crippen LogP contribution in [0, 0.1) is 5.92 Å². The van der Waals surface area contributed by atoms with Gasteiger partial charge in [0.15, 0.2) is 0 Å². The molecule has 2 aliphatic rings. The van der Waals surface area contributed by atoms with Crippen molar-refractivity contribution in [3.8, 4) is 0 Å². The Morgan fingerprint density at radius 1 is 0.621 bits per heavy atom. The molecule has 0 atom stereocenters. The lowest BCUT2D eigenvalue weighted by Gasteiger charge is -2.32. The molecule has 2 heteroatoms. The van der Waals surface area contributed by atoms with Crippen molar-refractivity contribution in [3.63, 3.8) is 0 Å². The Morgan fingerprint density at radius 3 is 1.86 bits per heavy atom. The van der Waals surface area contributed by atoms with E-state index < -0.39 is 0 Å². The minimum atomic E-state index is 0.981. The zero-order chi connectivity index (χ0) is 20.0. The number of aryl methyl sites for hydroxylation is 1. The molecule has 3 rings (SSSR count). The molecule has 2 saturated heterocycles. The third kappa shape index (κ3) is 9.66. The number of hydrogen-bond donors (Lipinski definition) is 0. The smallest absolute Gasteiger partial charge is 0.00161 e.